The highest BCUT2D eigenvalue weighted by Gasteiger charge is 2.34. The van der Waals surface area contributed by atoms with Gasteiger partial charge in [-0.05, 0) is 45.7 Å². The van der Waals surface area contributed by atoms with Gasteiger partial charge in [-0.2, -0.15) is 0 Å². The number of piperidine rings is 1. The van der Waals surface area contributed by atoms with E-state index in [1.54, 1.807) is 36.1 Å². The highest BCUT2D eigenvalue weighted by atomic mass is 16.5. The fourth-order valence-corrected chi connectivity index (χ4v) is 2.92. The third kappa shape index (κ3) is 4.13. The zero-order chi connectivity index (χ0) is 17.9. The van der Waals surface area contributed by atoms with E-state index in [0.717, 1.165) is 6.42 Å². The lowest BCUT2D eigenvalue weighted by Gasteiger charge is -2.38. The summed E-state index contributed by atoms with van der Waals surface area (Å²) in [4.78, 5) is 37.2. The van der Waals surface area contributed by atoms with Crippen LogP contribution in [0.15, 0.2) is 24.3 Å². The Bertz CT molecular complexity index is 644. The summed E-state index contributed by atoms with van der Waals surface area (Å²) >= 11 is 0. The first-order chi connectivity index (χ1) is 11.3. The molecular formula is C18H24N2O4. The van der Waals surface area contributed by atoms with Crippen molar-refractivity contribution in [2.75, 3.05) is 6.54 Å². The number of ketones is 1. The maximum absolute atomic E-state index is 12.7. The molecule has 0 unspecified atom stereocenters. The summed E-state index contributed by atoms with van der Waals surface area (Å²) in [5, 5.41) is 0. The number of carbonyl (C=O) groups excluding carboxylic acids is 3. The Morgan fingerprint density at radius 1 is 1.29 bits per heavy atom. The third-order valence-corrected chi connectivity index (χ3v) is 4.47. The molecular weight excluding hydrogens is 308 g/mol. The lowest BCUT2D eigenvalue weighted by molar-refractivity contribution is -0.143. The van der Waals surface area contributed by atoms with Crippen LogP contribution in [0.2, 0.25) is 0 Å². The summed E-state index contributed by atoms with van der Waals surface area (Å²) in [6.45, 7) is 5.44. The molecule has 2 amide bonds. The molecule has 1 fully saturated rings. The Hall–Kier alpha value is -2.37. The number of carbonyl (C=O) groups is 3. The average Bonchev–Trinajstić information content (AvgIpc) is 2.54. The normalized spacial score (nSPS) is 21.9. The molecule has 0 radical (unpaired) electrons. The molecule has 1 aromatic rings. The summed E-state index contributed by atoms with van der Waals surface area (Å²) in [5.74, 6) is -0.449. The Morgan fingerprint density at radius 2 is 2.00 bits per heavy atom. The zero-order valence-corrected chi connectivity index (χ0v) is 14.3. The average molecular weight is 332 g/mol. The van der Waals surface area contributed by atoms with Crippen LogP contribution in [0.3, 0.4) is 0 Å². The number of ether oxygens (including phenoxy) is 1. The first-order valence-electron chi connectivity index (χ1n) is 8.17. The van der Waals surface area contributed by atoms with Crippen LogP contribution in [0.1, 0.15) is 44.0 Å². The molecule has 0 spiro atoms. The van der Waals surface area contributed by atoms with E-state index < -0.39 is 6.10 Å². The maximum Gasteiger partial charge on any atom is 0.263 e. The highest BCUT2D eigenvalue weighted by Crippen LogP contribution is 2.23. The largest absolute Gasteiger partial charge is 0.481 e. The molecule has 1 saturated heterocycles. The number of hydrogen-bond acceptors (Lipinski definition) is 4. The predicted molar refractivity (Wildman–Crippen MR) is 89.6 cm³/mol. The lowest BCUT2D eigenvalue weighted by Crippen LogP contribution is -2.52. The van der Waals surface area contributed by atoms with Gasteiger partial charge >= 0.3 is 0 Å². The van der Waals surface area contributed by atoms with Crippen molar-refractivity contribution in [2.45, 2.75) is 45.8 Å². The second-order valence-electron chi connectivity index (χ2n) is 6.36. The van der Waals surface area contributed by atoms with Crippen molar-refractivity contribution in [3.63, 3.8) is 0 Å². The van der Waals surface area contributed by atoms with Gasteiger partial charge in [-0.25, -0.2) is 0 Å². The third-order valence-electron chi connectivity index (χ3n) is 4.47. The molecule has 1 aliphatic heterocycles. The number of hydrogen-bond donors (Lipinski definition) is 1. The Morgan fingerprint density at radius 3 is 2.62 bits per heavy atom. The van der Waals surface area contributed by atoms with E-state index in [4.69, 9.17) is 10.5 Å². The van der Waals surface area contributed by atoms with Crippen molar-refractivity contribution >= 4 is 17.6 Å². The number of amides is 2. The Labute approximate surface area is 142 Å². The van der Waals surface area contributed by atoms with Gasteiger partial charge in [-0.15, -0.1) is 0 Å². The molecule has 2 N–H and O–H groups in total. The molecule has 0 aliphatic carbocycles. The van der Waals surface area contributed by atoms with Gasteiger partial charge in [-0.1, -0.05) is 12.1 Å². The summed E-state index contributed by atoms with van der Waals surface area (Å²) in [5.41, 5.74) is 5.91. The topological polar surface area (TPSA) is 89.7 Å². The van der Waals surface area contributed by atoms with Gasteiger partial charge in [0.2, 0.25) is 5.91 Å². The molecule has 130 valence electrons. The summed E-state index contributed by atoms with van der Waals surface area (Å²) < 4.78 is 5.70. The molecule has 6 nitrogen and oxygen atoms in total. The lowest BCUT2D eigenvalue weighted by atomic mass is 9.92. The zero-order valence-electron chi connectivity index (χ0n) is 14.3. The van der Waals surface area contributed by atoms with Gasteiger partial charge < -0.3 is 15.4 Å². The van der Waals surface area contributed by atoms with Gasteiger partial charge in [0.1, 0.15) is 5.75 Å². The second kappa shape index (κ2) is 7.47. The number of nitrogens with two attached hydrogens (primary N) is 1. The van der Waals surface area contributed by atoms with E-state index in [2.05, 4.69) is 0 Å². The SMILES string of the molecule is CC(=O)c1cccc(O[C@H](C)C(=O)N2C[C@H](C(N)=O)CC[C@H]2C)c1. The van der Waals surface area contributed by atoms with Gasteiger partial charge in [0, 0.05) is 18.2 Å². The molecule has 2 rings (SSSR count). The number of primary amides is 1. The van der Waals surface area contributed by atoms with Gasteiger partial charge in [-0.3, -0.25) is 14.4 Å². The first-order valence-corrected chi connectivity index (χ1v) is 8.17. The van der Waals surface area contributed by atoms with E-state index in [0.29, 0.717) is 24.3 Å². The number of nitrogens with zero attached hydrogens (tertiary/aromatic N) is 1. The van der Waals surface area contributed by atoms with Crippen LogP contribution in [0, 0.1) is 5.92 Å². The quantitative estimate of drug-likeness (QED) is 0.832. The van der Waals surface area contributed by atoms with Crippen LogP contribution < -0.4 is 10.5 Å². The minimum absolute atomic E-state index is 0.0442. The standard InChI is InChI=1S/C18H24N2O4/c1-11-7-8-15(17(19)22)10-20(11)18(23)13(3)24-16-6-4-5-14(9-16)12(2)21/h4-6,9,11,13,15H,7-8,10H2,1-3H3,(H2,19,22)/t11-,13-,15-/m1/s1. The Kier molecular flexibility index (Phi) is 5.59. The van der Waals surface area contributed by atoms with E-state index in [1.165, 1.54) is 6.92 Å². The van der Waals surface area contributed by atoms with Crippen molar-refractivity contribution in [1.29, 1.82) is 0 Å². The van der Waals surface area contributed by atoms with Crippen molar-refractivity contribution in [1.82, 2.24) is 4.90 Å². The van der Waals surface area contributed by atoms with E-state index in [9.17, 15) is 14.4 Å². The van der Waals surface area contributed by atoms with Gasteiger partial charge in [0.25, 0.3) is 5.91 Å². The second-order valence-corrected chi connectivity index (χ2v) is 6.36. The highest BCUT2D eigenvalue weighted by molar-refractivity contribution is 5.94. The van der Waals surface area contributed by atoms with E-state index in [-0.39, 0.29) is 29.6 Å². The van der Waals surface area contributed by atoms with Crippen molar-refractivity contribution in [3.8, 4) is 5.75 Å². The minimum atomic E-state index is -0.707. The fourth-order valence-electron chi connectivity index (χ4n) is 2.92. The molecule has 3 atom stereocenters. The molecule has 24 heavy (non-hydrogen) atoms. The maximum atomic E-state index is 12.7. The van der Waals surface area contributed by atoms with Crippen molar-refractivity contribution < 1.29 is 19.1 Å². The predicted octanol–water partition coefficient (Wildman–Crippen LogP) is 1.77. The fraction of sp³-hybridized carbons (Fsp3) is 0.500. The van der Waals surface area contributed by atoms with Crippen LogP contribution in [0.5, 0.6) is 5.75 Å². The van der Waals surface area contributed by atoms with E-state index >= 15 is 0 Å². The number of rotatable bonds is 5. The molecule has 6 heteroatoms. The summed E-state index contributed by atoms with van der Waals surface area (Å²) in [6, 6.07) is 6.80. The molecule has 1 aliphatic rings. The molecule has 1 heterocycles. The van der Waals surface area contributed by atoms with Crippen molar-refractivity contribution in [2.24, 2.45) is 11.7 Å². The number of benzene rings is 1. The molecule has 1 aromatic carbocycles. The molecule has 0 bridgehead atoms. The smallest absolute Gasteiger partial charge is 0.263 e. The van der Waals surface area contributed by atoms with E-state index in [1.807, 2.05) is 6.92 Å². The van der Waals surface area contributed by atoms with Gasteiger partial charge in [0.05, 0.1) is 5.92 Å². The van der Waals surface area contributed by atoms with Crippen LogP contribution >= 0.6 is 0 Å². The number of Topliss-reactive ketones (excluding diaryl/α,β-unsaturated/α-hetero) is 1. The molecule has 0 aromatic heterocycles. The minimum Gasteiger partial charge on any atom is -0.481 e. The summed E-state index contributed by atoms with van der Waals surface area (Å²) in [7, 11) is 0. The molecule has 0 saturated carbocycles. The first kappa shape index (κ1) is 18.0. The van der Waals surface area contributed by atoms with Crippen LogP contribution in [0.25, 0.3) is 0 Å². The van der Waals surface area contributed by atoms with Crippen molar-refractivity contribution in [3.05, 3.63) is 29.8 Å². The monoisotopic (exact) mass is 332 g/mol. The Balaban J connectivity index is 2.07. The summed E-state index contributed by atoms with van der Waals surface area (Å²) in [6.07, 6.45) is 0.739. The number of likely N-dealkylation sites (tertiary alicyclic amines) is 1. The van der Waals surface area contributed by atoms with Crippen LogP contribution in [-0.2, 0) is 9.59 Å². The van der Waals surface area contributed by atoms with Crippen LogP contribution in [-0.4, -0.2) is 41.2 Å². The van der Waals surface area contributed by atoms with Gasteiger partial charge in [0.15, 0.2) is 11.9 Å². The van der Waals surface area contributed by atoms with Crippen LogP contribution in [0.4, 0.5) is 0 Å².